The fourth-order valence-electron chi connectivity index (χ4n) is 3.31. The van der Waals surface area contributed by atoms with Crippen LogP contribution in [-0.4, -0.2) is 55.9 Å². The van der Waals surface area contributed by atoms with Gasteiger partial charge in [-0.3, -0.25) is 4.79 Å². The van der Waals surface area contributed by atoms with E-state index in [1.807, 2.05) is 24.3 Å². The molecule has 156 valence electrons. The smallest absolute Gasteiger partial charge is 0.255 e. The second kappa shape index (κ2) is 8.82. The highest BCUT2D eigenvalue weighted by Gasteiger charge is 2.26. The Morgan fingerprint density at radius 2 is 1.76 bits per heavy atom. The molecule has 1 amide bonds. The largest absolute Gasteiger partial charge is 0.497 e. The van der Waals surface area contributed by atoms with Crippen LogP contribution >= 0.6 is 0 Å². The lowest BCUT2D eigenvalue weighted by Gasteiger charge is -2.27. The van der Waals surface area contributed by atoms with Crippen LogP contribution < -0.4 is 10.1 Å². The summed E-state index contributed by atoms with van der Waals surface area (Å²) in [7, 11) is -1.38. The highest BCUT2D eigenvalue weighted by molar-refractivity contribution is 7.91. The summed E-state index contributed by atoms with van der Waals surface area (Å²) in [6.45, 7) is 4.72. The van der Waals surface area contributed by atoms with Crippen LogP contribution in [0.1, 0.15) is 35.8 Å². The number of anilines is 1. The number of nitrogens with one attached hydrogen (secondary N) is 1. The van der Waals surface area contributed by atoms with Gasteiger partial charge in [0.15, 0.2) is 9.84 Å². The molecule has 0 radical (unpaired) electrons. The molecule has 0 spiro atoms. The number of hydrogen-bond donors (Lipinski definition) is 1. The Morgan fingerprint density at radius 3 is 2.28 bits per heavy atom. The lowest BCUT2D eigenvalue weighted by molar-refractivity contribution is 0.0770. The quantitative estimate of drug-likeness (QED) is 0.778. The molecule has 1 N–H and O–H groups in total. The normalized spacial score (nSPS) is 17.0. The Hall–Kier alpha value is -2.61. The van der Waals surface area contributed by atoms with Gasteiger partial charge in [0.1, 0.15) is 11.6 Å². The van der Waals surface area contributed by atoms with Crippen molar-refractivity contribution in [3.63, 3.8) is 0 Å². The Labute approximate surface area is 172 Å². The predicted octanol–water partition coefficient (Wildman–Crippen LogP) is 2.77. The Bertz CT molecular complexity index is 927. The minimum atomic E-state index is -3.02. The van der Waals surface area contributed by atoms with Crippen molar-refractivity contribution in [3.05, 3.63) is 53.7 Å². The predicted molar refractivity (Wildman–Crippen MR) is 113 cm³/mol. The van der Waals surface area contributed by atoms with Crippen molar-refractivity contribution in [2.24, 2.45) is 5.92 Å². The minimum Gasteiger partial charge on any atom is -0.497 e. The number of sulfone groups is 1. The van der Waals surface area contributed by atoms with E-state index in [1.54, 1.807) is 30.3 Å². The maximum atomic E-state index is 12.6. The number of amides is 1. The SMILES string of the molecule is COc1ccc(C(Nc2ccc(C(=O)N3CCS(=O)(=O)CC3)cn2)C(C)C)cc1. The average Bonchev–Trinajstić information content (AvgIpc) is 2.72. The molecule has 1 aromatic carbocycles. The first-order valence-corrected chi connectivity index (χ1v) is 11.5. The molecular formula is C21H27N3O4S. The molecule has 2 heterocycles. The molecule has 1 aliphatic heterocycles. The van der Waals surface area contributed by atoms with Crippen LogP contribution in [0.25, 0.3) is 0 Å². The van der Waals surface area contributed by atoms with Crippen LogP contribution in [0.5, 0.6) is 5.75 Å². The van der Waals surface area contributed by atoms with Crippen molar-refractivity contribution in [1.29, 1.82) is 0 Å². The maximum Gasteiger partial charge on any atom is 0.255 e. The minimum absolute atomic E-state index is 0.0176. The summed E-state index contributed by atoms with van der Waals surface area (Å²) in [6, 6.07) is 11.5. The fourth-order valence-corrected chi connectivity index (χ4v) is 4.51. The molecule has 0 aliphatic carbocycles. The maximum absolute atomic E-state index is 12.6. The summed E-state index contributed by atoms with van der Waals surface area (Å²) >= 11 is 0. The number of rotatable bonds is 6. The highest BCUT2D eigenvalue weighted by atomic mass is 32.2. The van der Waals surface area contributed by atoms with E-state index >= 15 is 0 Å². The van der Waals surface area contributed by atoms with Gasteiger partial charge in [-0.1, -0.05) is 26.0 Å². The number of carbonyl (C=O) groups excluding carboxylic acids is 1. The number of benzene rings is 1. The van der Waals surface area contributed by atoms with Crippen molar-refractivity contribution in [1.82, 2.24) is 9.88 Å². The molecular weight excluding hydrogens is 390 g/mol. The molecule has 7 nitrogen and oxygen atoms in total. The lowest BCUT2D eigenvalue weighted by atomic mass is 9.96. The Kier molecular flexibility index (Phi) is 6.42. The van der Waals surface area contributed by atoms with Crippen molar-refractivity contribution < 1.29 is 17.9 Å². The molecule has 1 aliphatic rings. The van der Waals surface area contributed by atoms with E-state index in [9.17, 15) is 13.2 Å². The monoisotopic (exact) mass is 417 g/mol. The van der Waals surface area contributed by atoms with E-state index in [4.69, 9.17) is 4.74 Å². The Morgan fingerprint density at radius 1 is 1.10 bits per heavy atom. The number of pyridine rings is 1. The number of carbonyl (C=O) groups is 1. The van der Waals surface area contributed by atoms with Gasteiger partial charge in [0.05, 0.1) is 30.2 Å². The van der Waals surface area contributed by atoms with E-state index < -0.39 is 9.84 Å². The molecule has 0 saturated carbocycles. The van der Waals surface area contributed by atoms with Crippen molar-refractivity contribution >= 4 is 21.6 Å². The second-order valence-electron chi connectivity index (χ2n) is 7.52. The van der Waals surface area contributed by atoms with Gasteiger partial charge in [-0.05, 0) is 35.7 Å². The van der Waals surface area contributed by atoms with Gasteiger partial charge in [0.2, 0.25) is 0 Å². The number of ether oxygens (including phenoxy) is 1. The topological polar surface area (TPSA) is 88.6 Å². The van der Waals surface area contributed by atoms with E-state index in [2.05, 4.69) is 24.1 Å². The number of methoxy groups -OCH3 is 1. The van der Waals surface area contributed by atoms with Crippen LogP contribution in [0.15, 0.2) is 42.6 Å². The van der Waals surface area contributed by atoms with E-state index in [-0.39, 0.29) is 36.5 Å². The third-order valence-electron chi connectivity index (χ3n) is 5.09. The molecule has 3 rings (SSSR count). The van der Waals surface area contributed by atoms with Gasteiger partial charge in [-0.25, -0.2) is 13.4 Å². The van der Waals surface area contributed by atoms with Gasteiger partial charge in [-0.15, -0.1) is 0 Å². The van der Waals surface area contributed by atoms with Crippen molar-refractivity contribution in [2.45, 2.75) is 19.9 Å². The van der Waals surface area contributed by atoms with Crippen molar-refractivity contribution in [3.8, 4) is 5.75 Å². The lowest BCUT2D eigenvalue weighted by Crippen LogP contribution is -2.43. The van der Waals surface area contributed by atoms with Gasteiger partial charge in [0, 0.05) is 19.3 Å². The first-order valence-electron chi connectivity index (χ1n) is 9.65. The molecule has 1 unspecified atom stereocenters. The molecule has 1 fully saturated rings. The summed E-state index contributed by atoms with van der Waals surface area (Å²) in [5, 5.41) is 3.43. The van der Waals surface area contributed by atoms with Gasteiger partial charge in [-0.2, -0.15) is 0 Å². The third kappa shape index (κ3) is 5.26. The highest BCUT2D eigenvalue weighted by Crippen LogP contribution is 2.27. The van der Waals surface area contributed by atoms with Crippen LogP contribution in [0.2, 0.25) is 0 Å². The molecule has 1 saturated heterocycles. The number of nitrogens with zero attached hydrogens (tertiary/aromatic N) is 2. The second-order valence-corrected chi connectivity index (χ2v) is 9.82. The van der Waals surface area contributed by atoms with E-state index in [0.29, 0.717) is 17.3 Å². The van der Waals surface area contributed by atoms with Gasteiger partial charge >= 0.3 is 0 Å². The molecule has 1 atom stereocenters. The van der Waals surface area contributed by atoms with E-state index in [1.165, 1.54) is 0 Å². The van der Waals surface area contributed by atoms with Crippen LogP contribution in [0.3, 0.4) is 0 Å². The van der Waals surface area contributed by atoms with Crippen LogP contribution in [0.4, 0.5) is 5.82 Å². The molecule has 8 heteroatoms. The first-order chi connectivity index (χ1) is 13.8. The van der Waals surface area contributed by atoms with Crippen LogP contribution in [-0.2, 0) is 9.84 Å². The summed E-state index contributed by atoms with van der Waals surface area (Å²) < 4.78 is 28.3. The molecule has 29 heavy (non-hydrogen) atoms. The zero-order chi connectivity index (χ0) is 21.0. The van der Waals surface area contributed by atoms with Crippen LogP contribution in [0, 0.1) is 5.92 Å². The molecule has 0 bridgehead atoms. The zero-order valence-electron chi connectivity index (χ0n) is 17.0. The van der Waals surface area contributed by atoms with Gasteiger partial charge in [0.25, 0.3) is 5.91 Å². The number of hydrogen-bond acceptors (Lipinski definition) is 6. The summed E-state index contributed by atoms with van der Waals surface area (Å²) in [6.07, 6.45) is 1.54. The average molecular weight is 418 g/mol. The summed E-state index contributed by atoms with van der Waals surface area (Å²) in [5.74, 6) is 1.66. The molecule has 1 aromatic heterocycles. The Balaban J connectivity index is 1.69. The summed E-state index contributed by atoms with van der Waals surface area (Å²) in [5.41, 5.74) is 1.58. The van der Waals surface area contributed by atoms with Crippen molar-refractivity contribution in [2.75, 3.05) is 37.0 Å². The molecule has 2 aromatic rings. The van der Waals surface area contributed by atoms with Gasteiger partial charge < -0.3 is 15.0 Å². The standard InChI is InChI=1S/C21H27N3O4S/c1-15(2)20(16-4-7-18(28-3)8-5-16)23-19-9-6-17(14-22-19)21(25)24-10-12-29(26,27)13-11-24/h4-9,14-15,20H,10-13H2,1-3H3,(H,22,23). The first kappa shape index (κ1) is 21.1. The number of aromatic nitrogens is 1. The van der Waals surface area contributed by atoms with E-state index in [0.717, 1.165) is 11.3 Å². The third-order valence-corrected chi connectivity index (χ3v) is 6.70. The fraction of sp³-hybridized carbons (Fsp3) is 0.429. The summed E-state index contributed by atoms with van der Waals surface area (Å²) in [4.78, 5) is 18.6. The zero-order valence-corrected chi connectivity index (χ0v) is 17.8.